The summed E-state index contributed by atoms with van der Waals surface area (Å²) in [4.78, 5) is 59.4. The van der Waals surface area contributed by atoms with Gasteiger partial charge in [-0.25, -0.2) is 9.36 Å². The summed E-state index contributed by atoms with van der Waals surface area (Å²) < 4.78 is 20.0. The number of benzene rings is 3. The Morgan fingerprint density at radius 3 is 1.70 bits per heavy atom. The SMILES string of the molecule is C#CCOCCOCCOCCNc1nc(N2CCN(C(=O)[C@H](Cc3cc4ccccc4[nH]3)n3cc([C@@H](N)C(C)CC)nn3)CC2)nc(N2CCN(C(=O)[C@H](Cc3cc4ccccc4[nH]3)n3cc([C@@H](N)Cc4ccc(O)cc4)nn3)CC2)n1.[Cl-]. The molecule has 8 N–H and O–H groups in total. The Morgan fingerprint density at radius 1 is 0.679 bits per heavy atom. The molecule has 0 radical (unpaired) electrons. The van der Waals surface area contributed by atoms with Gasteiger partial charge in [-0.2, -0.15) is 15.0 Å². The van der Waals surface area contributed by atoms with E-state index in [-0.39, 0.29) is 48.5 Å². The Kier molecular flexibility index (Phi) is 20.8. The zero-order valence-electron chi connectivity index (χ0n) is 47.5. The molecule has 24 nitrogen and oxygen atoms in total. The van der Waals surface area contributed by atoms with Crippen LogP contribution in [-0.4, -0.2) is 180 Å². The van der Waals surface area contributed by atoms with Gasteiger partial charge in [-0.15, -0.1) is 16.6 Å². The molecule has 1 unspecified atom stereocenters. The predicted molar refractivity (Wildman–Crippen MR) is 314 cm³/mol. The number of ether oxygens (including phenoxy) is 3. The number of nitrogens with one attached hydrogen (secondary N) is 3. The maximum absolute atomic E-state index is 14.9. The van der Waals surface area contributed by atoms with Crippen molar-refractivity contribution in [2.24, 2.45) is 17.4 Å². The van der Waals surface area contributed by atoms with E-state index >= 15 is 0 Å². The number of amides is 2. The van der Waals surface area contributed by atoms with Crippen LogP contribution in [0.15, 0.2) is 97.3 Å². The van der Waals surface area contributed by atoms with Gasteiger partial charge in [-0.3, -0.25) is 9.59 Å². The number of hydrogen-bond donors (Lipinski definition) is 6. The second-order valence-electron chi connectivity index (χ2n) is 21.1. The zero-order valence-corrected chi connectivity index (χ0v) is 48.2. The average Bonchev–Trinajstić information content (AvgIpc) is 4.41. The molecule has 2 fully saturated rings. The number of rotatable bonds is 27. The molecule has 7 heterocycles. The third-order valence-corrected chi connectivity index (χ3v) is 15.5. The lowest BCUT2D eigenvalue weighted by Gasteiger charge is -2.38. The van der Waals surface area contributed by atoms with E-state index in [1.54, 1.807) is 27.7 Å². The van der Waals surface area contributed by atoms with E-state index in [2.05, 4.69) is 77.6 Å². The number of piperazine rings is 2. The number of anilines is 3. The third-order valence-electron chi connectivity index (χ3n) is 15.5. The number of para-hydroxylation sites is 2. The summed E-state index contributed by atoms with van der Waals surface area (Å²) in [6.45, 7) is 10.2. The molecule has 2 aliphatic rings. The predicted octanol–water partition coefficient (Wildman–Crippen LogP) is 1.38. The first-order valence-corrected chi connectivity index (χ1v) is 28.5. The maximum Gasteiger partial charge on any atom is 0.248 e. The van der Waals surface area contributed by atoms with E-state index < -0.39 is 18.1 Å². The molecule has 0 saturated carbocycles. The number of H-pyrrole nitrogens is 2. The highest BCUT2D eigenvalue weighted by Crippen LogP contribution is 2.28. The van der Waals surface area contributed by atoms with Crippen LogP contribution in [0.25, 0.3) is 21.8 Å². The molecule has 3 aromatic carbocycles. The zero-order chi connectivity index (χ0) is 57.7. The van der Waals surface area contributed by atoms with E-state index in [1.807, 2.05) is 76.7 Å². The van der Waals surface area contributed by atoms with Crippen LogP contribution < -0.4 is 39.0 Å². The first-order valence-electron chi connectivity index (χ1n) is 28.5. The van der Waals surface area contributed by atoms with Gasteiger partial charge in [0.15, 0.2) is 0 Å². The van der Waals surface area contributed by atoms with Crippen molar-refractivity contribution in [1.29, 1.82) is 0 Å². The van der Waals surface area contributed by atoms with Crippen LogP contribution in [0.1, 0.15) is 72.8 Å². The highest BCUT2D eigenvalue weighted by molar-refractivity contribution is 5.84. The molecule has 5 aromatic heterocycles. The number of nitrogens with two attached hydrogens (primary N) is 2. The molecule has 25 heteroatoms. The smallest absolute Gasteiger partial charge is 0.248 e. The lowest BCUT2D eigenvalue weighted by molar-refractivity contribution is -0.136. The van der Waals surface area contributed by atoms with E-state index in [0.717, 1.165) is 45.2 Å². The highest BCUT2D eigenvalue weighted by Gasteiger charge is 2.35. The number of fused-ring (bicyclic) bond motifs is 2. The summed E-state index contributed by atoms with van der Waals surface area (Å²) in [5, 5.41) is 33.2. The van der Waals surface area contributed by atoms with E-state index in [0.29, 0.717) is 140 Å². The van der Waals surface area contributed by atoms with Gasteiger partial charge in [0.25, 0.3) is 0 Å². The van der Waals surface area contributed by atoms with Crippen molar-refractivity contribution in [1.82, 2.24) is 64.7 Å². The van der Waals surface area contributed by atoms with Gasteiger partial charge in [-0.1, -0.05) is 85.1 Å². The van der Waals surface area contributed by atoms with Gasteiger partial charge in [0.2, 0.25) is 29.7 Å². The van der Waals surface area contributed by atoms with Gasteiger partial charge < -0.3 is 78.1 Å². The van der Waals surface area contributed by atoms with Gasteiger partial charge in [0, 0.05) is 94.2 Å². The fourth-order valence-electron chi connectivity index (χ4n) is 10.4. The molecule has 0 aliphatic carbocycles. The number of phenols is 1. The number of hydrogen-bond acceptors (Lipinski definition) is 18. The largest absolute Gasteiger partial charge is 1.00 e. The van der Waals surface area contributed by atoms with Crippen molar-refractivity contribution < 1.29 is 41.3 Å². The quantitative estimate of drug-likeness (QED) is 0.0313. The van der Waals surface area contributed by atoms with Crippen LogP contribution in [-0.2, 0) is 43.1 Å². The van der Waals surface area contributed by atoms with E-state index in [1.165, 1.54) is 0 Å². The topological polar surface area (TPSA) is 291 Å². The molecule has 2 saturated heterocycles. The number of nitrogens with zero attached hydrogens (tertiary/aromatic N) is 13. The summed E-state index contributed by atoms with van der Waals surface area (Å²) in [6.07, 6.45) is 10.9. The normalized spacial score (nSPS) is 15.6. The van der Waals surface area contributed by atoms with Gasteiger partial charge in [-0.05, 0) is 65.1 Å². The first-order chi connectivity index (χ1) is 40.5. The number of terminal acetylenes is 1. The average molecular weight is 1170 g/mol. The molecule has 2 aliphatic heterocycles. The fraction of sp³-hybridized carbons (Fsp3) is 0.441. The van der Waals surface area contributed by atoms with Crippen LogP contribution in [0.3, 0.4) is 0 Å². The molecule has 8 aromatic rings. The number of aromatic nitrogens is 11. The Hall–Kier alpha value is -8.18. The number of phenolic OH excluding ortho intramolecular Hbond substituents is 1. The summed E-state index contributed by atoms with van der Waals surface area (Å²) in [7, 11) is 0. The van der Waals surface area contributed by atoms with Crippen molar-refractivity contribution in [3.05, 3.63) is 126 Å². The third kappa shape index (κ3) is 15.1. The summed E-state index contributed by atoms with van der Waals surface area (Å²) in [5.74, 6) is 3.90. The standard InChI is InChI=1S/C59H74N18O6.ClH/c1-4-27-81-29-31-83-32-30-82-28-18-62-57-65-58(67-59(66-57)75-25-21-73(22-26-75)56(80)53(37-45-35-43-11-7-9-13-49(43)64-45)77-39-51(69-71-77)54(61)40(3)5-2)74-23-19-72(20-24-74)55(79)52(36-44-34-42-10-6-8-12-48(42)63-44)76-38-50(68-70-76)47(60)33-41-14-16-46(78)17-15-41;/h1,6-17,34-35,38-40,47,52-54,63-64,78H,5,18-33,36-37,60-61H2,2-3H3,(H,62,65,66,67);1H/p-1/t40?,47-,52-,53-,54-;/m0./s1. The number of halogens is 1. The number of aromatic hydroxyl groups is 1. The molecule has 0 spiro atoms. The Balaban J connectivity index is 0.00000846. The van der Waals surface area contributed by atoms with Crippen LogP contribution in [0.4, 0.5) is 17.8 Å². The minimum Gasteiger partial charge on any atom is -1.00 e. The van der Waals surface area contributed by atoms with Crippen molar-refractivity contribution in [2.75, 3.05) is 114 Å². The van der Waals surface area contributed by atoms with Crippen LogP contribution in [0, 0.1) is 18.3 Å². The second-order valence-corrected chi connectivity index (χ2v) is 21.1. The summed E-state index contributed by atoms with van der Waals surface area (Å²) in [6, 6.07) is 24.9. The van der Waals surface area contributed by atoms with E-state index in [4.69, 9.17) is 47.1 Å². The molecular formula is C59H74ClN18O6-. The molecule has 5 atom stereocenters. The van der Waals surface area contributed by atoms with Crippen molar-refractivity contribution in [2.45, 2.75) is 63.7 Å². The monoisotopic (exact) mass is 1170 g/mol. The fourth-order valence-corrected chi connectivity index (χ4v) is 10.4. The summed E-state index contributed by atoms with van der Waals surface area (Å²) in [5.41, 5.74) is 19.2. The lowest BCUT2D eigenvalue weighted by Crippen LogP contribution is -3.00. The van der Waals surface area contributed by atoms with Crippen LogP contribution in [0.5, 0.6) is 5.75 Å². The molecule has 2 amide bonds. The Morgan fingerprint density at radius 2 is 1.18 bits per heavy atom. The number of aromatic amines is 2. The van der Waals surface area contributed by atoms with Crippen LogP contribution >= 0.6 is 0 Å². The number of carbonyl (C=O) groups is 2. The lowest BCUT2D eigenvalue weighted by atomic mass is 9.98. The van der Waals surface area contributed by atoms with Gasteiger partial charge in [0.05, 0.1) is 68.9 Å². The second kappa shape index (κ2) is 28.9. The molecule has 84 heavy (non-hydrogen) atoms. The molecule has 444 valence electrons. The minimum absolute atomic E-state index is 0. The first kappa shape index (κ1) is 60.4. The van der Waals surface area contributed by atoms with Crippen molar-refractivity contribution in [3.63, 3.8) is 0 Å². The Bertz CT molecular complexity index is 3370. The molecule has 10 rings (SSSR count). The number of carbonyl (C=O) groups excluding carboxylic acids is 2. The Labute approximate surface area is 494 Å². The van der Waals surface area contributed by atoms with Crippen LogP contribution in [0.2, 0.25) is 0 Å². The van der Waals surface area contributed by atoms with Gasteiger partial charge >= 0.3 is 0 Å². The van der Waals surface area contributed by atoms with E-state index in [9.17, 15) is 14.7 Å². The highest BCUT2D eigenvalue weighted by atomic mass is 35.5. The molecule has 0 bridgehead atoms. The molecular weight excluding hydrogens is 1090 g/mol. The maximum atomic E-state index is 14.9. The summed E-state index contributed by atoms with van der Waals surface area (Å²) >= 11 is 0. The minimum atomic E-state index is -0.728. The van der Waals surface area contributed by atoms with Gasteiger partial charge in [0.1, 0.15) is 24.4 Å². The van der Waals surface area contributed by atoms with Crippen molar-refractivity contribution >= 4 is 51.5 Å². The van der Waals surface area contributed by atoms with Crippen molar-refractivity contribution in [3.8, 4) is 18.1 Å².